The summed E-state index contributed by atoms with van der Waals surface area (Å²) in [4.78, 5) is 26.4. The number of aromatic nitrogens is 1. The molecule has 1 aromatic carbocycles. The molecule has 110 valence electrons. The van der Waals surface area contributed by atoms with Crippen molar-refractivity contribution < 1.29 is 19.4 Å². The summed E-state index contributed by atoms with van der Waals surface area (Å²) in [5, 5.41) is 12.8. The van der Waals surface area contributed by atoms with Crippen LogP contribution in [-0.2, 0) is 9.53 Å². The van der Waals surface area contributed by atoms with Crippen molar-refractivity contribution in [3.63, 3.8) is 0 Å². The lowest BCUT2D eigenvalue weighted by Gasteiger charge is -2.08. The molecule has 7 heteroatoms. The fraction of sp³-hybridized carbons (Fsp3) is 0.214. The van der Waals surface area contributed by atoms with E-state index < -0.39 is 5.97 Å². The van der Waals surface area contributed by atoms with Gasteiger partial charge in [0.1, 0.15) is 11.8 Å². The van der Waals surface area contributed by atoms with Crippen molar-refractivity contribution in [2.45, 2.75) is 0 Å². The van der Waals surface area contributed by atoms with Gasteiger partial charge >= 0.3 is 5.97 Å². The van der Waals surface area contributed by atoms with Crippen LogP contribution in [0.5, 0.6) is 0 Å². The summed E-state index contributed by atoms with van der Waals surface area (Å²) in [5.41, 5.74) is 0.410. The number of carboxylic acid groups (broad SMARTS) is 1. The minimum atomic E-state index is -1.05. The molecule has 2 N–H and O–H groups in total. The first-order valence-electron chi connectivity index (χ1n) is 6.20. The van der Waals surface area contributed by atoms with Crippen LogP contribution in [-0.4, -0.2) is 41.7 Å². The molecular formula is C14H13ClN2O4. The van der Waals surface area contributed by atoms with Gasteiger partial charge in [-0.1, -0.05) is 35.9 Å². The summed E-state index contributed by atoms with van der Waals surface area (Å²) < 4.78 is 4.84. The molecule has 6 nitrogen and oxygen atoms in total. The third kappa shape index (κ3) is 3.90. The molecular weight excluding hydrogens is 296 g/mol. The summed E-state index contributed by atoms with van der Waals surface area (Å²) in [6, 6.07) is 7.21. The fourth-order valence-corrected chi connectivity index (χ4v) is 2.04. The number of carbonyl (C=O) groups is 2. The van der Waals surface area contributed by atoms with Gasteiger partial charge in [-0.3, -0.25) is 4.79 Å². The van der Waals surface area contributed by atoms with Crippen molar-refractivity contribution in [1.29, 1.82) is 0 Å². The number of aliphatic carboxylic acids is 1. The van der Waals surface area contributed by atoms with Crippen molar-refractivity contribution in [3.05, 3.63) is 41.2 Å². The van der Waals surface area contributed by atoms with Crippen LogP contribution in [0, 0.1) is 0 Å². The van der Waals surface area contributed by atoms with Gasteiger partial charge in [-0.2, -0.15) is 0 Å². The molecule has 21 heavy (non-hydrogen) atoms. The molecule has 1 aromatic heterocycles. The third-order valence-electron chi connectivity index (χ3n) is 2.75. The molecule has 0 unspecified atom stereocenters. The van der Waals surface area contributed by atoms with E-state index in [9.17, 15) is 9.59 Å². The van der Waals surface area contributed by atoms with Crippen molar-refractivity contribution in [1.82, 2.24) is 10.3 Å². The molecule has 0 radical (unpaired) electrons. The van der Waals surface area contributed by atoms with Crippen LogP contribution >= 0.6 is 11.6 Å². The number of ether oxygens (including phenoxy) is 1. The molecule has 0 atom stereocenters. The van der Waals surface area contributed by atoms with E-state index in [2.05, 4.69) is 10.3 Å². The molecule has 0 aliphatic carbocycles. The highest BCUT2D eigenvalue weighted by Gasteiger charge is 2.12. The van der Waals surface area contributed by atoms with Crippen LogP contribution in [0.15, 0.2) is 30.5 Å². The van der Waals surface area contributed by atoms with Gasteiger partial charge in [-0.15, -0.1) is 0 Å². The van der Waals surface area contributed by atoms with Crippen LogP contribution in [0.25, 0.3) is 10.8 Å². The Balaban J connectivity index is 2.03. The lowest BCUT2D eigenvalue weighted by Crippen LogP contribution is -2.28. The number of amides is 1. The number of carbonyl (C=O) groups excluding carboxylic acids is 1. The van der Waals surface area contributed by atoms with Gasteiger partial charge in [0, 0.05) is 18.1 Å². The second-order valence-electron chi connectivity index (χ2n) is 4.21. The van der Waals surface area contributed by atoms with Gasteiger partial charge in [0.15, 0.2) is 0 Å². The number of nitrogens with one attached hydrogen (secondary N) is 1. The fourth-order valence-electron chi connectivity index (χ4n) is 1.83. The Bertz CT molecular complexity index is 675. The Hall–Kier alpha value is -2.18. The SMILES string of the molecule is O=C(O)COCCNC(=O)c1cnc(Cl)c2ccccc12. The Labute approximate surface area is 125 Å². The quantitative estimate of drug-likeness (QED) is 0.626. The molecule has 1 heterocycles. The summed E-state index contributed by atoms with van der Waals surface area (Å²) in [6.07, 6.45) is 1.41. The number of nitrogens with zero attached hydrogens (tertiary/aromatic N) is 1. The highest BCUT2D eigenvalue weighted by molar-refractivity contribution is 6.34. The Kier molecular flexibility index (Phi) is 5.08. The second-order valence-corrected chi connectivity index (χ2v) is 4.57. The van der Waals surface area contributed by atoms with Crippen LogP contribution in [0.1, 0.15) is 10.4 Å². The van der Waals surface area contributed by atoms with E-state index in [4.69, 9.17) is 21.4 Å². The number of pyridine rings is 1. The van der Waals surface area contributed by atoms with Gasteiger partial charge < -0.3 is 15.2 Å². The number of benzene rings is 1. The number of hydrogen-bond donors (Lipinski definition) is 2. The van der Waals surface area contributed by atoms with Crippen LogP contribution in [0.3, 0.4) is 0 Å². The van der Waals surface area contributed by atoms with E-state index in [0.717, 1.165) is 0 Å². The van der Waals surface area contributed by atoms with E-state index >= 15 is 0 Å². The molecule has 0 saturated carbocycles. The van der Waals surface area contributed by atoms with Gasteiger partial charge in [0.25, 0.3) is 5.91 Å². The minimum absolute atomic E-state index is 0.122. The number of hydrogen-bond acceptors (Lipinski definition) is 4. The topological polar surface area (TPSA) is 88.5 Å². The maximum Gasteiger partial charge on any atom is 0.329 e. The first-order chi connectivity index (χ1) is 10.1. The van der Waals surface area contributed by atoms with E-state index in [1.807, 2.05) is 12.1 Å². The van der Waals surface area contributed by atoms with E-state index in [1.54, 1.807) is 12.1 Å². The number of halogens is 1. The average Bonchev–Trinajstić information content (AvgIpc) is 2.47. The van der Waals surface area contributed by atoms with E-state index in [1.165, 1.54) is 6.20 Å². The maximum atomic E-state index is 12.1. The Morgan fingerprint density at radius 3 is 2.71 bits per heavy atom. The molecule has 0 saturated heterocycles. The lowest BCUT2D eigenvalue weighted by atomic mass is 10.1. The van der Waals surface area contributed by atoms with Crippen LogP contribution in [0.4, 0.5) is 0 Å². The summed E-state index contributed by atoms with van der Waals surface area (Å²) in [6.45, 7) is -0.0542. The van der Waals surface area contributed by atoms with Crippen LogP contribution < -0.4 is 5.32 Å². The molecule has 0 aliphatic rings. The maximum absolute atomic E-state index is 12.1. The number of carboxylic acids is 1. The van der Waals surface area contributed by atoms with E-state index in [-0.39, 0.29) is 25.7 Å². The highest BCUT2D eigenvalue weighted by atomic mass is 35.5. The van der Waals surface area contributed by atoms with Crippen LogP contribution in [0.2, 0.25) is 5.15 Å². The van der Waals surface area contributed by atoms with Crippen molar-refractivity contribution in [2.75, 3.05) is 19.8 Å². The predicted octanol–water partition coefficient (Wildman–Crippen LogP) is 1.72. The number of rotatable bonds is 6. The Morgan fingerprint density at radius 2 is 2.00 bits per heavy atom. The molecule has 2 rings (SSSR count). The molecule has 0 aliphatic heterocycles. The first-order valence-corrected chi connectivity index (χ1v) is 6.58. The third-order valence-corrected chi connectivity index (χ3v) is 3.05. The minimum Gasteiger partial charge on any atom is -0.480 e. The standard InChI is InChI=1S/C14H13ClN2O4/c15-13-10-4-2-1-3-9(10)11(7-17-13)14(20)16-5-6-21-8-12(18)19/h1-4,7H,5-6,8H2,(H,16,20)(H,18,19). The molecule has 1 amide bonds. The predicted molar refractivity (Wildman–Crippen MR) is 77.5 cm³/mol. The normalized spacial score (nSPS) is 10.5. The zero-order valence-corrected chi connectivity index (χ0v) is 11.8. The highest BCUT2D eigenvalue weighted by Crippen LogP contribution is 2.23. The van der Waals surface area contributed by atoms with Crippen molar-refractivity contribution in [2.24, 2.45) is 0 Å². The Morgan fingerprint density at radius 1 is 1.29 bits per heavy atom. The molecule has 2 aromatic rings. The first kappa shape index (κ1) is 15.2. The summed E-state index contributed by atoms with van der Waals surface area (Å²) in [5.74, 6) is -1.36. The monoisotopic (exact) mass is 308 g/mol. The zero-order chi connectivity index (χ0) is 15.2. The van der Waals surface area contributed by atoms with Gasteiger partial charge in [0.05, 0.1) is 12.2 Å². The smallest absolute Gasteiger partial charge is 0.329 e. The van der Waals surface area contributed by atoms with Gasteiger partial charge in [0.2, 0.25) is 0 Å². The molecule has 0 spiro atoms. The largest absolute Gasteiger partial charge is 0.480 e. The summed E-state index contributed by atoms with van der Waals surface area (Å²) >= 11 is 5.99. The van der Waals surface area contributed by atoms with E-state index in [0.29, 0.717) is 21.5 Å². The molecule has 0 bridgehead atoms. The number of fused-ring (bicyclic) bond motifs is 1. The van der Waals surface area contributed by atoms with Crippen molar-refractivity contribution in [3.8, 4) is 0 Å². The van der Waals surface area contributed by atoms with Gasteiger partial charge in [-0.25, -0.2) is 9.78 Å². The molecule has 0 fully saturated rings. The zero-order valence-electron chi connectivity index (χ0n) is 11.0. The second kappa shape index (κ2) is 7.01. The lowest BCUT2D eigenvalue weighted by molar-refractivity contribution is -0.142. The summed E-state index contributed by atoms with van der Waals surface area (Å²) in [7, 11) is 0. The average molecular weight is 309 g/mol. The van der Waals surface area contributed by atoms with Crippen molar-refractivity contribution >= 4 is 34.2 Å². The van der Waals surface area contributed by atoms with Gasteiger partial charge in [-0.05, 0) is 5.39 Å².